The number of anilines is 1. The third-order valence-corrected chi connectivity index (χ3v) is 4.31. The van der Waals surface area contributed by atoms with E-state index in [9.17, 15) is 0 Å². The molecular weight excluding hydrogens is 292 g/mol. The number of hydrogen-bond donors (Lipinski definition) is 1. The van der Waals surface area contributed by atoms with Gasteiger partial charge in [-0.15, -0.1) is 0 Å². The maximum Gasteiger partial charge on any atom is 0.0722 e. The fourth-order valence-electron chi connectivity index (χ4n) is 2.94. The molecule has 1 atom stereocenters. The third kappa shape index (κ3) is 4.02. The van der Waals surface area contributed by atoms with Crippen LogP contribution in [-0.4, -0.2) is 11.0 Å². The molecule has 2 heteroatoms. The molecule has 24 heavy (non-hydrogen) atoms. The SMILES string of the molecule is Cc1cccc(-c2ccccn2)c1NC(C)CCc1ccccc1. The second-order valence-corrected chi connectivity index (χ2v) is 6.28. The lowest BCUT2D eigenvalue weighted by Gasteiger charge is -2.20. The summed E-state index contributed by atoms with van der Waals surface area (Å²) in [4.78, 5) is 4.51. The van der Waals surface area contributed by atoms with Gasteiger partial charge in [0.25, 0.3) is 0 Å². The molecule has 0 fully saturated rings. The molecular formula is C22H24N2. The van der Waals surface area contributed by atoms with Crippen LogP contribution in [0.15, 0.2) is 72.9 Å². The minimum atomic E-state index is 0.397. The van der Waals surface area contributed by atoms with Crippen molar-refractivity contribution in [1.82, 2.24) is 4.98 Å². The molecule has 3 rings (SSSR count). The lowest BCUT2D eigenvalue weighted by atomic mass is 10.0. The highest BCUT2D eigenvalue weighted by molar-refractivity contribution is 5.78. The molecule has 122 valence electrons. The summed E-state index contributed by atoms with van der Waals surface area (Å²) in [5, 5.41) is 3.71. The average molecular weight is 316 g/mol. The molecule has 1 aromatic heterocycles. The summed E-state index contributed by atoms with van der Waals surface area (Å²) < 4.78 is 0. The number of hydrogen-bond acceptors (Lipinski definition) is 2. The summed E-state index contributed by atoms with van der Waals surface area (Å²) in [6, 6.07) is 23.5. The van der Waals surface area contributed by atoms with E-state index >= 15 is 0 Å². The third-order valence-electron chi connectivity index (χ3n) is 4.31. The quantitative estimate of drug-likeness (QED) is 0.650. The van der Waals surface area contributed by atoms with Crippen LogP contribution in [0.4, 0.5) is 5.69 Å². The van der Waals surface area contributed by atoms with E-state index in [4.69, 9.17) is 0 Å². The predicted molar refractivity (Wildman–Crippen MR) is 102 cm³/mol. The van der Waals surface area contributed by atoms with Gasteiger partial charge in [0, 0.05) is 23.5 Å². The van der Waals surface area contributed by atoms with E-state index in [-0.39, 0.29) is 0 Å². The molecule has 1 unspecified atom stereocenters. The van der Waals surface area contributed by atoms with Crippen molar-refractivity contribution in [2.45, 2.75) is 32.7 Å². The molecule has 0 spiro atoms. The van der Waals surface area contributed by atoms with Crippen LogP contribution in [0.25, 0.3) is 11.3 Å². The Labute approximate surface area is 144 Å². The lowest BCUT2D eigenvalue weighted by molar-refractivity contribution is 0.706. The van der Waals surface area contributed by atoms with Crippen molar-refractivity contribution in [1.29, 1.82) is 0 Å². The van der Waals surface area contributed by atoms with Gasteiger partial charge in [0.2, 0.25) is 0 Å². The van der Waals surface area contributed by atoms with Crippen molar-refractivity contribution in [3.63, 3.8) is 0 Å². The van der Waals surface area contributed by atoms with Crippen LogP contribution in [0.5, 0.6) is 0 Å². The topological polar surface area (TPSA) is 24.9 Å². The van der Waals surface area contributed by atoms with Gasteiger partial charge in [-0.2, -0.15) is 0 Å². The van der Waals surface area contributed by atoms with Gasteiger partial charge >= 0.3 is 0 Å². The van der Waals surface area contributed by atoms with Gasteiger partial charge in [-0.1, -0.05) is 54.6 Å². The maximum atomic E-state index is 4.51. The second kappa shape index (κ2) is 7.78. The number of benzene rings is 2. The molecule has 2 nitrogen and oxygen atoms in total. The Morgan fingerprint density at radius 1 is 0.917 bits per heavy atom. The van der Waals surface area contributed by atoms with Crippen LogP contribution in [-0.2, 0) is 6.42 Å². The fourth-order valence-corrected chi connectivity index (χ4v) is 2.94. The zero-order chi connectivity index (χ0) is 16.8. The summed E-state index contributed by atoms with van der Waals surface area (Å²) in [7, 11) is 0. The number of para-hydroxylation sites is 1. The van der Waals surface area contributed by atoms with E-state index in [1.54, 1.807) is 0 Å². The van der Waals surface area contributed by atoms with Crippen LogP contribution in [0.3, 0.4) is 0 Å². The normalized spacial score (nSPS) is 11.9. The number of nitrogens with zero attached hydrogens (tertiary/aromatic N) is 1. The first-order valence-corrected chi connectivity index (χ1v) is 8.55. The number of aryl methyl sites for hydroxylation is 2. The van der Waals surface area contributed by atoms with E-state index in [0.29, 0.717) is 6.04 Å². The first kappa shape index (κ1) is 16.3. The molecule has 0 saturated heterocycles. The van der Waals surface area contributed by atoms with Gasteiger partial charge in [-0.3, -0.25) is 4.98 Å². The largest absolute Gasteiger partial charge is 0.382 e. The average Bonchev–Trinajstić information content (AvgIpc) is 2.63. The fraction of sp³-hybridized carbons (Fsp3) is 0.227. The van der Waals surface area contributed by atoms with Gasteiger partial charge in [-0.05, 0) is 49.9 Å². The Balaban J connectivity index is 1.75. The highest BCUT2D eigenvalue weighted by atomic mass is 14.9. The second-order valence-electron chi connectivity index (χ2n) is 6.28. The van der Waals surface area contributed by atoms with Gasteiger partial charge in [0.1, 0.15) is 0 Å². The Kier molecular flexibility index (Phi) is 5.27. The predicted octanol–water partition coefficient (Wildman–Crippen LogP) is 5.49. The minimum absolute atomic E-state index is 0.397. The Morgan fingerprint density at radius 3 is 2.46 bits per heavy atom. The smallest absolute Gasteiger partial charge is 0.0722 e. The van der Waals surface area contributed by atoms with E-state index in [0.717, 1.165) is 18.5 Å². The van der Waals surface area contributed by atoms with Crippen LogP contribution < -0.4 is 5.32 Å². The van der Waals surface area contributed by atoms with Crippen molar-refractivity contribution in [3.05, 3.63) is 84.1 Å². The van der Waals surface area contributed by atoms with Gasteiger partial charge < -0.3 is 5.32 Å². The molecule has 0 aliphatic carbocycles. The number of pyridine rings is 1. The first-order chi connectivity index (χ1) is 11.7. The Bertz CT molecular complexity index is 766. The molecule has 0 radical (unpaired) electrons. The van der Waals surface area contributed by atoms with Crippen molar-refractivity contribution in [2.75, 3.05) is 5.32 Å². The highest BCUT2D eigenvalue weighted by Crippen LogP contribution is 2.30. The number of nitrogens with one attached hydrogen (secondary N) is 1. The summed E-state index contributed by atoms with van der Waals surface area (Å²) in [6.45, 7) is 4.40. The molecule has 1 heterocycles. The molecule has 0 saturated carbocycles. The van der Waals surface area contributed by atoms with Gasteiger partial charge in [0.05, 0.1) is 5.69 Å². The zero-order valence-electron chi connectivity index (χ0n) is 14.4. The molecule has 0 bridgehead atoms. The molecule has 0 amide bonds. The van der Waals surface area contributed by atoms with Crippen molar-refractivity contribution in [2.24, 2.45) is 0 Å². The summed E-state index contributed by atoms with van der Waals surface area (Å²) in [5.41, 5.74) is 6.02. The Morgan fingerprint density at radius 2 is 1.71 bits per heavy atom. The molecule has 0 aliphatic heterocycles. The van der Waals surface area contributed by atoms with E-state index < -0.39 is 0 Å². The molecule has 2 aromatic carbocycles. The van der Waals surface area contributed by atoms with Crippen molar-refractivity contribution in [3.8, 4) is 11.3 Å². The number of rotatable bonds is 6. The summed E-state index contributed by atoms with van der Waals surface area (Å²) in [5.74, 6) is 0. The zero-order valence-corrected chi connectivity index (χ0v) is 14.4. The minimum Gasteiger partial charge on any atom is -0.382 e. The van der Waals surface area contributed by atoms with Gasteiger partial charge in [-0.25, -0.2) is 0 Å². The lowest BCUT2D eigenvalue weighted by Crippen LogP contribution is -2.17. The van der Waals surface area contributed by atoms with Gasteiger partial charge in [0.15, 0.2) is 0 Å². The van der Waals surface area contributed by atoms with Crippen LogP contribution >= 0.6 is 0 Å². The maximum absolute atomic E-state index is 4.51. The van der Waals surface area contributed by atoms with Crippen molar-refractivity contribution < 1.29 is 0 Å². The highest BCUT2D eigenvalue weighted by Gasteiger charge is 2.11. The van der Waals surface area contributed by atoms with E-state index in [1.165, 1.54) is 22.4 Å². The van der Waals surface area contributed by atoms with Crippen LogP contribution in [0.1, 0.15) is 24.5 Å². The van der Waals surface area contributed by atoms with E-state index in [1.807, 2.05) is 18.3 Å². The van der Waals surface area contributed by atoms with Crippen LogP contribution in [0, 0.1) is 6.92 Å². The molecule has 0 aliphatic rings. The van der Waals surface area contributed by atoms with Crippen molar-refractivity contribution >= 4 is 5.69 Å². The monoisotopic (exact) mass is 316 g/mol. The van der Waals surface area contributed by atoms with E-state index in [2.05, 4.69) is 78.7 Å². The molecule has 1 N–H and O–H groups in total. The summed E-state index contributed by atoms with van der Waals surface area (Å²) in [6.07, 6.45) is 4.03. The molecule has 3 aromatic rings. The standard InChI is InChI=1S/C22H24N2/c1-17-9-8-12-20(21-13-6-7-16-23-21)22(17)24-18(2)14-15-19-10-4-3-5-11-19/h3-13,16,18,24H,14-15H2,1-2H3. The summed E-state index contributed by atoms with van der Waals surface area (Å²) >= 11 is 0. The Hall–Kier alpha value is -2.61. The van der Waals surface area contributed by atoms with Crippen LogP contribution in [0.2, 0.25) is 0 Å². The first-order valence-electron chi connectivity index (χ1n) is 8.55. The number of aromatic nitrogens is 1.